The fraction of sp³-hybridized carbons (Fsp3) is 0.615. The summed E-state index contributed by atoms with van der Waals surface area (Å²) in [5, 5.41) is 8.63. The first-order valence-corrected chi connectivity index (χ1v) is 8.05. The van der Waals surface area contributed by atoms with Gasteiger partial charge in [-0.25, -0.2) is 9.78 Å². The number of imide groups is 1. The third-order valence-electron chi connectivity index (χ3n) is 4.22. The molecule has 3 amide bonds. The van der Waals surface area contributed by atoms with Gasteiger partial charge in [0.1, 0.15) is 5.54 Å². The molecule has 2 aliphatic rings. The number of carbonyl (C=O) groups excluding carboxylic acids is 2. The lowest BCUT2D eigenvalue weighted by Gasteiger charge is -2.34. The van der Waals surface area contributed by atoms with Gasteiger partial charge in [0.15, 0.2) is 5.01 Å². The van der Waals surface area contributed by atoms with Crippen LogP contribution < -0.4 is 16.0 Å². The number of thiazole rings is 1. The minimum atomic E-state index is -4.41. The van der Waals surface area contributed by atoms with Crippen LogP contribution in [0.3, 0.4) is 0 Å². The van der Waals surface area contributed by atoms with E-state index in [1.165, 1.54) is 5.38 Å². The van der Waals surface area contributed by atoms with Gasteiger partial charge in [0, 0.05) is 18.0 Å². The van der Waals surface area contributed by atoms with E-state index in [4.69, 9.17) is 0 Å². The SMILES string of the molecule is O=C1NC(=O)C2(CCC(NCc3csc(C(F)(F)F)n3)CC2)N1. The second-order valence-corrected chi connectivity index (χ2v) is 6.65. The second kappa shape index (κ2) is 5.75. The lowest BCUT2D eigenvalue weighted by Crippen LogP contribution is -2.52. The molecule has 1 aliphatic heterocycles. The average Bonchev–Trinajstić information content (AvgIpc) is 3.04. The van der Waals surface area contributed by atoms with Crippen LogP contribution in [0.25, 0.3) is 0 Å². The summed E-state index contributed by atoms with van der Waals surface area (Å²) in [7, 11) is 0. The van der Waals surface area contributed by atoms with Gasteiger partial charge in [-0.3, -0.25) is 10.1 Å². The van der Waals surface area contributed by atoms with Crippen molar-refractivity contribution in [2.45, 2.75) is 50.0 Å². The molecule has 0 bridgehead atoms. The minimum absolute atomic E-state index is 0.0852. The van der Waals surface area contributed by atoms with Crippen molar-refractivity contribution in [3.05, 3.63) is 16.1 Å². The van der Waals surface area contributed by atoms with E-state index in [9.17, 15) is 22.8 Å². The molecule has 0 unspecified atom stereocenters. The van der Waals surface area contributed by atoms with Crippen LogP contribution in [0.5, 0.6) is 0 Å². The van der Waals surface area contributed by atoms with Gasteiger partial charge in [-0.1, -0.05) is 0 Å². The molecular formula is C13H15F3N4O2S. The number of hydrogen-bond acceptors (Lipinski definition) is 5. The Bertz CT molecular complexity index is 623. The van der Waals surface area contributed by atoms with Crippen LogP contribution in [0, 0.1) is 0 Å². The maximum Gasteiger partial charge on any atom is 0.443 e. The third-order valence-corrected chi connectivity index (χ3v) is 5.16. The molecule has 126 valence electrons. The molecule has 1 spiro atoms. The summed E-state index contributed by atoms with van der Waals surface area (Å²) in [5.74, 6) is -0.296. The number of halogens is 3. The van der Waals surface area contributed by atoms with Crippen LogP contribution in [0.1, 0.15) is 36.4 Å². The van der Waals surface area contributed by atoms with Crippen LogP contribution in [0.2, 0.25) is 0 Å². The maximum absolute atomic E-state index is 12.5. The Hall–Kier alpha value is -1.68. The Labute approximate surface area is 133 Å². The smallest absolute Gasteiger partial charge is 0.323 e. The van der Waals surface area contributed by atoms with Crippen molar-refractivity contribution >= 4 is 23.3 Å². The predicted octanol–water partition coefficient (Wildman–Crippen LogP) is 1.77. The van der Waals surface area contributed by atoms with E-state index in [0.717, 1.165) is 0 Å². The van der Waals surface area contributed by atoms with Gasteiger partial charge in [0.25, 0.3) is 5.91 Å². The molecule has 3 N–H and O–H groups in total. The van der Waals surface area contributed by atoms with Gasteiger partial charge in [0.2, 0.25) is 0 Å². The number of amides is 3. The average molecular weight is 348 g/mol. The summed E-state index contributed by atoms with van der Waals surface area (Å²) >= 11 is 0.582. The van der Waals surface area contributed by atoms with Crippen LogP contribution in [0.4, 0.5) is 18.0 Å². The molecule has 2 fully saturated rings. The van der Waals surface area contributed by atoms with E-state index in [-0.39, 0.29) is 18.5 Å². The standard InChI is InChI=1S/C13H15F3N4O2S/c14-13(15,16)10-18-8(6-23-10)5-17-7-1-3-12(4-2-7)9(21)19-11(22)20-12/h6-7,17H,1-5H2,(H2,19,20,21,22). The Morgan fingerprint density at radius 1 is 1.35 bits per heavy atom. The van der Waals surface area contributed by atoms with Crippen molar-refractivity contribution in [1.82, 2.24) is 20.9 Å². The highest BCUT2D eigenvalue weighted by atomic mass is 32.1. The van der Waals surface area contributed by atoms with Gasteiger partial charge in [-0.15, -0.1) is 11.3 Å². The Morgan fingerprint density at radius 3 is 2.57 bits per heavy atom. The maximum atomic E-state index is 12.5. The van der Waals surface area contributed by atoms with Gasteiger partial charge >= 0.3 is 12.2 Å². The Balaban J connectivity index is 1.51. The van der Waals surface area contributed by atoms with Crippen LogP contribution in [-0.2, 0) is 17.5 Å². The number of nitrogens with one attached hydrogen (secondary N) is 3. The zero-order chi connectivity index (χ0) is 16.7. The monoisotopic (exact) mass is 348 g/mol. The zero-order valence-electron chi connectivity index (χ0n) is 12.0. The number of alkyl halides is 3. The van der Waals surface area contributed by atoms with E-state index in [1.54, 1.807) is 0 Å². The zero-order valence-corrected chi connectivity index (χ0v) is 12.8. The van der Waals surface area contributed by atoms with Crippen molar-refractivity contribution in [3.8, 4) is 0 Å². The number of aromatic nitrogens is 1. The van der Waals surface area contributed by atoms with E-state index >= 15 is 0 Å². The normalized spacial score (nSPS) is 28.0. The molecule has 0 aromatic carbocycles. The summed E-state index contributed by atoms with van der Waals surface area (Å²) in [6.07, 6.45) is -2.08. The molecule has 0 radical (unpaired) electrons. The fourth-order valence-corrected chi connectivity index (χ4v) is 3.65. The molecule has 1 saturated heterocycles. The number of urea groups is 1. The van der Waals surface area contributed by atoms with E-state index in [0.29, 0.717) is 42.7 Å². The van der Waals surface area contributed by atoms with E-state index in [2.05, 4.69) is 20.9 Å². The molecule has 2 heterocycles. The Kier molecular flexibility index (Phi) is 4.05. The molecule has 23 heavy (non-hydrogen) atoms. The van der Waals surface area contributed by atoms with Crippen LogP contribution >= 0.6 is 11.3 Å². The first-order valence-electron chi connectivity index (χ1n) is 7.17. The topological polar surface area (TPSA) is 83.1 Å². The molecule has 6 nitrogen and oxygen atoms in total. The number of nitrogens with zero attached hydrogens (tertiary/aromatic N) is 1. The largest absolute Gasteiger partial charge is 0.443 e. The third kappa shape index (κ3) is 3.32. The molecule has 10 heteroatoms. The summed E-state index contributed by atoms with van der Waals surface area (Å²) in [4.78, 5) is 26.6. The molecular weight excluding hydrogens is 333 g/mol. The molecule has 0 atom stereocenters. The first-order chi connectivity index (χ1) is 10.8. The molecule has 3 rings (SSSR count). The molecule has 1 aromatic heterocycles. The van der Waals surface area contributed by atoms with Crippen molar-refractivity contribution in [1.29, 1.82) is 0 Å². The molecule has 1 aromatic rings. The highest BCUT2D eigenvalue weighted by Gasteiger charge is 2.47. The van der Waals surface area contributed by atoms with Gasteiger partial charge < -0.3 is 10.6 Å². The first kappa shape index (κ1) is 16.2. The summed E-state index contributed by atoms with van der Waals surface area (Å²) in [6.45, 7) is 0.253. The van der Waals surface area contributed by atoms with E-state index < -0.39 is 22.8 Å². The highest BCUT2D eigenvalue weighted by molar-refractivity contribution is 7.09. The van der Waals surface area contributed by atoms with Gasteiger partial charge in [-0.2, -0.15) is 13.2 Å². The van der Waals surface area contributed by atoms with Crippen molar-refractivity contribution in [2.24, 2.45) is 0 Å². The van der Waals surface area contributed by atoms with Crippen LogP contribution in [-0.4, -0.2) is 28.5 Å². The molecule has 1 saturated carbocycles. The Morgan fingerprint density at radius 2 is 2.04 bits per heavy atom. The van der Waals surface area contributed by atoms with Crippen molar-refractivity contribution in [2.75, 3.05) is 0 Å². The summed E-state index contributed by atoms with van der Waals surface area (Å²) in [5.41, 5.74) is -0.464. The number of hydrogen-bond donors (Lipinski definition) is 3. The fourth-order valence-electron chi connectivity index (χ4n) is 2.96. The number of carbonyl (C=O) groups is 2. The van der Waals surface area contributed by atoms with Gasteiger partial charge in [-0.05, 0) is 25.7 Å². The number of rotatable bonds is 3. The minimum Gasteiger partial charge on any atom is -0.323 e. The lowest BCUT2D eigenvalue weighted by atomic mass is 9.79. The summed E-state index contributed by atoms with van der Waals surface area (Å²) < 4.78 is 37.5. The highest BCUT2D eigenvalue weighted by Crippen LogP contribution is 2.33. The summed E-state index contributed by atoms with van der Waals surface area (Å²) in [6, 6.07) is -0.384. The quantitative estimate of drug-likeness (QED) is 0.727. The van der Waals surface area contributed by atoms with Gasteiger partial charge in [0.05, 0.1) is 5.69 Å². The van der Waals surface area contributed by atoms with E-state index in [1.807, 2.05) is 0 Å². The lowest BCUT2D eigenvalue weighted by molar-refractivity contribution is -0.137. The predicted molar refractivity (Wildman–Crippen MR) is 75.6 cm³/mol. The van der Waals surface area contributed by atoms with Crippen molar-refractivity contribution < 1.29 is 22.8 Å². The van der Waals surface area contributed by atoms with Crippen LogP contribution in [0.15, 0.2) is 5.38 Å². The second-order valence-electron chi connectivity index (χ2n) is 5.79. The van der Waals surface area contributed by atoms with Crippen molar-refractivity contribution in [3.63, 3.8) is 0 Å². The molecule has 1 aliphatic carbocycles.